The maximum absolute atomic E-state index is 12.6. The lowest BCUT2D eigenvalue weighted by Gasteiger charge is -2.23. The third-order valence-corrected chi connectivity index (χ3v) is 6.30. The van der Waals surface area contributed by atoms with Crippen LogP contribution in [-0.4, -0.2) is 67.6 Å². The molecule has 1 saturated carbocycles. The zero-order chi connectivity index (χ0) is 21.9. The van der Waals surface area contributed by atoms with Crippen molar-refractivity contribution in [3.05, 3.63) is 29.8 Å². The van der Waals surface area contributed by atoms with Crippen LogP contribution >= 0.6 is 0 Å². The predicted molar refractivity (Wildman–Crippen MR) is 122 cm³/mol. The molecule has 172 valence electrons. The molecular weight excluding hydrogens is 392 g/mol. The Labute approximate surface area is 186 Å². The van der Waals surface area contributed by atoms with Gasteiger partial charge in [0.1, 0.15) is 5.75 Å². The Morgan fingerprint density at radius 2 is 1.77 bits per heavy atom. The van der Waals surface area contributed by atoms with Gasteiger partial charge in [0, 0.05) is 51.7 Å². The van der Waals surface area contributed by atoms with Gasteiger partial charge < -0.3 is 20.3 Å². The maximum atomic E-state index is 12.6. The highest BCUT2D eigenvalue weighted by Crippen LogP contribution is 2.17. The number of nitrogens with one attached hydrogen (secondary N) is 2. The molecule has 0 aromatic heterocycles. The molecule has 0 atom stereocenters. The molecule has 2 fully saturated rings. The van der Waals surface area contributed by atoms with Crippen molar-refractivity contribution >= 4 is 11.9 Å². The summed E-state index contributed by atoms with van der Waals surface area (Å²) in [6, 6.07) is 8.41. The molecule has 3 rings (SSSR count). The second-order valence-electron chi connectivity index (χ2n) is 8.70. The van der Waals surface area contributed by atoms with Crippen LogP contribution in [0.15, 0.2) is 24.3 Å². The van der Waals surface area contributed by atoms with Gasteiger partial charge in [0.15, 0.2) is 0 Å². The second-order valence-corrected chi connectivity index (χ2v) is 8.70. The Hall–Kier alpha value is -2.28. The summed E-state index contributed by atoms with van der Waals surface area (Å²) < 4.78 is 5.22. The fourth-order valence-corrected chi connectivity index (χ4v) is 4.45. The maximum Gasteiger partial charge on any atom is 0.315 e. The van der Waals surface area contributed by atoms with E-state index in [-0.39, 0.29) is 11.9 Å². The van der Waals surface area contributed by atoms with Crippen molar-refractivity contribution in [2.75, 3.05) is 39.8 Å². The molecule has 2 N–H and O–H groups in total. The molecule has 0 bridgehead atoms. The Bertz CT molecular complexity index is 689. The zero-order valence-electron chi connectivity index (χ0n) is 18.9. The van der Waals surface area contributed by atoms with Crippen molar-refractivity contribution in [1.29, 1.82) is 0 Å². The van der Waals surface area contributed by atoms with E-state index in [0.717, 1.165) is 57.7 Å². The minimum absolute atomic E-state index is 0.0942. The Kier molecular flexibility index (Phi) is 9.46. The first-order chi connectivity index (χ1) is 15.1. The van der Waals surface area contributed by atoms with Gasteiger partial charge in [-0.25, -0.2) is 4.79 Å². The van der Waals surface area contributed by atoms with Crippen molar-refractivity contribution < 1.29 is 14.3 Å². The van der Waals surface area contributed by atoms with Gasteiger partial charge in [-0.05, 0) is 43.4 Å². The van der Waals surface area contributed by atoms with Crippen molar-refractivity contribution in [3.8, 4) is 5.75 Å². The van der Waals surface area contributed by atoms with Crippen LogP contribution in [0.3, 0.4) is 0 Å². The van der Waals surface area contributed by atoms with Gasteiger partial charge in [0.2, 0.25) is 5.91 Å². The van der Waals surface area contributed by atoms with E-state index in [1.165, 1.54) is 24.8 Å². The number of amides is 3. The van der Waals surface area contributed by atoms with Gasteiger partial charge in [0.05, 0.1) is 7.11 Å². The fraction of sp³-hybridized carbons (Fsp3) is 0.667. The summed E-state index contributed by atoms with van der Waals surface area (Å²) in [7, 11) is 1.68. The molecule has 0 spiro atoms. The summed E-state index contributed by atoms with van der Waals surface area (Å²) in [6.07, 6.45) is 8.00. The standard InChI is InChI=1S/C24H38N4O3/c1-31-22-12-10-20(11-13-22)19-27-15-6-16-28(18-17-27)23(29)9-5-14-25-24(30)26-21-7-3-2-4-8-21/h10-13,21H,2-9,14-19H2,1H3,(H2,25,26,30). The zero-order valence-corrected chi connectivity index (χ0v) is 18.9. The number of benzene rings is 1. The van der Waals surface area contributed by atoms with E-state index in [2.05, 4.69) is 27.7 Å². The summed E-state index contributed by atoms with van der Waals surface area (Å²) in [4.78, 5) is 29.0. The first-order valence-corrected chi connectivity index (χ1v) is 11.8. The number of hydrogen-bond acceptors (Lipinski definition) is 4. The summed E-state index contributed by atoms with van der Waals surface area (Å²) in [5.74, 6) is 1.07. The molecule has 1 aliphatic carbocycles. The van der Waals surface area contributed by atoms with Gasteiger partial charge in [-0.1, -0.05) is 31.4 Å². The highest BCUT2D eigenvalue weighted by atomic mass is 16.5. The van der Waals surface area contributed by atoms with E-state index in [1.807, 2.05) is 17.0 Å². The third-order valence-electron chi connectivity index (χ3n) is 6.30. The highest BCUT2D eigenvalue weighted by Gasteiger charge is 2.19. The number of carbonyl (C=O) groups is 2. The minimum atomic E-state index is -0.0942. The van der Waals surface area contributed by atoms with E-state index in [9.17, 15) is 9.59 Å². The Balaban J connectivity index is 1.31. The van der Waals surface area contributed by atoms with Crippen molar-refractivity contribution in [3.63, 3.8) is 0 Å². The fourth-order valence-electron chi connectivity index (χ4n) is 4.45. The molecule has 31 heavy (non-hydrogen) atoms. The Morgan fingerprint density at radius 3 is 2.52 bits per heavy atom. The monoisotopic (exact) mass is 430 g/mol. The number of rotatable bonds is 8. The van der Waals surface area contributed by atoms with Gasteiger partial charge in [0.25, 0.3) is 0 Å². The van der Waals surface area contributed by atoms with Crippen LogP contribution in [0.4, 0.5) is 4.79 Å². The average Bonchev–Trinajstić information content (AvgIpc) is 3.03. The topological polar surface area (TPSA) is 73.9 Å². The van der Waals surface area contributed by atoms with Gasteiger partial charge in [-0.3, -0.25) is 9.69 Å². The van der Waals surface area contributed by atoms with Gasteiger partial charge in [-0.2, -0.15) is 0 Å². The quantitative estimate of drug-likeness (QED) is 0.622. The van der Waals surface area contributed by atoms with E-state index in [1.54, 1.807) is 7.11 Å². The number of hydrogen-bond donors (Lipinski definition) is 2. The summed E-state index contributed by atoms with van der Waals surface area (Å²) in [5.41, 5.74) is 1.26. The van der Waals surface area contributed by atoms with Crippen LogP contribution < -0.4 is 15.4 Å². The molecule has 3 amide bonds. The first kappa shape index (κ1) is 23.4. The molecule has 1 saturated heterocycles. The van der Waals surface area contributed by atoms with Crippen molar-refractivity contribution in [2.45, 2.75) is 64.0 Å². The predicted octanol–water partition coefficient (Wildman–Crippen LogP) is 3.14. The molecule has 1 aromatic carbocycles. The van der Waals surface area contributed by atoms with Crippen LogP contribution in [0.25, 0.3) is 0 Å². The molecule has 0 unspecified atom stereocenters. The number of methoxy groups -OCH3 is 1. The number of urea groups is 1. The van der Waals surface area contributed by atoms with Crippen molar-refractivity contribution in [1.82, 2.24) is 20.4 Å². The van der Waals surface area contributed by atoms with Crippen LogP contribution in [-0.2, 0) is 11.3 Å². The first-order valence-electron chi connectivity index (χ1n) is 11.8. The molecule has 1 aromatic rings. The molecule has 2 aliphatic rings. The summed E-state index contributed by atoms with van der Waals surface area (Å²) in [6.45, 7) is 4.91. The lowest BCUT2D eigenvalue weighted by atomic mass is 9.96. The van der Waals surface area contributed by atoms with Crippen LogP contribution in [0.5, 0.6) is 5.75 Å². The number of carbonyl (C=O) groups excluding carboxylic acids is 2. The number of ether oxygens (including phenoxy) is 1. The lowest BCUT2D eigenvalue weighted by Crippen LogP contribution is -2.43. The van der Waals surface area contributed by atoms with Gasteiger partial charge in [-0.15, -0.1) is 0 Å². The smallest absolute Gasteiger partial charge is 0.315 e. The van der Waals surface area contributed by atoms with Crippen molar-refractivity contribution in [2.24, 2.45) is 0 Å². The largest absolute Gasteiger partial charge is 0.497 e. The second kappa shape index (κ2) is 12.5. The van der Waals surface area contributed by atoms with E-state index in [0.29, 0.717) is 25.4 Å². The molecular formula is C24H38N4O3. The minimum Gasteiger partial charge on any atom is -0.497 e. The molecule has 7 nitrogen and oxygen atoms in total. The van der Waals surface area contributed by atoms with Crippen LogP contribution in [0.2, 0.25) is 0 Å². The third kappa shape index (κ3) is 8.05. The van der Waals surface area contributed by atoms with E-state index >= 15 is 0 Å². The molecule has 7 heteroatoms. The molecule has 1 heterocycles. The summed E-state index contributed by atoms with van der Waals surface area (Å²) in [5, 5.41) is 5.96. The lowest BCUT2D eigenvalue weighted by molar-refractivity contribution is -0.131. The summed E-state index contributed by atoms with van der Waals surface area (Å²) >= 11 is 0. The average molecular weight is 431 g/mol. The number of nitrogens with zero attached hydrogens (tertiary/aromatic N) is 2. The highest BCUT2D eigenvalue weighted by molar-refractivity contribution is 5.76. The van der Waals surface area contributed by atoms with Crippen LogP contribution in [0, 0.1) is 0 Å². The molecule has 1 aliphatic heterocycles. The normalized spacial score (nSPS) is 18.3. The Morgan fingerprint density at radius 1 is 1.00 bits per heavy atom. The van der Waals surface area contributed by atoms with E-state index < -0.39 is 0 Å². The van der Waals surface area contributed by atoms with Gasteiger partial charge >= 0.3 is 6.03 Å². The SMILES string of the molecule is COc1ccc(CN2CCCN(C(=O)CCCNC(=O)NC3CCCCC3)CC2)cc1. The van der Waals surface area contributed by atoms with E-state index in [4.69, 9.17) is 4.74 Å². The molecule has 0 radical (unpaired) electrons. The van der Waals surface area contributed by atoms with Crippen LogP contribution in [0.1, 0.15) is 56.9 Å².